The summed E-state index contributed by atoms with van der Waals surface area (Å²) in [7, 11) is 0. The van der Waals surface area contributed by atoms with Gasteiger partial charge in [0, 0.05) is 5.56 Å². The number of isocyanates is 1. The van der Waals surface area contributed by atoms with Gasteiger partial charge in [-0.15, -0.1) is 0 Å². The summed E-state index contributed by atoms with van der Waals surface area (Å²) in [5, 5.41) is 8.72. The molecule has 0 radical (unpaired) electrons. The van der Waals surface area contributed by atoms with Gasteiger partial charge in [0.1, 0.15) is 5.82 Å². The second-order valence-corrected chi connectivity index (χ2v) is 2.49. The van der Waals surface area contributed by atoms with Gasteiger partial charge in [0.15, 0.2) is 0 Å². The lowest BCUT2D eigenvalue weighted by Gasteiger charge is -2.00. The first-order valence-electron chi connectivity index (χ1n) is 3.69. The van der Waals surface area contributed by atoms with E-state index < -0.39 is 5.82 Å². The molecule has 13 heavy (non-hydrogen) atoms. The van der Waals surface area contributed by atoms with Gasteiger partial charge in [-0.25, -0.2) is 14.2 Å². The molecule has 3 nitrogen and oxygen atoms in total. The lowest BCUT2D eigenvalue weighted by molar-refractivity contribution is 0.275. The number of rotatable bonds is 3. The van der Waals surface area contributed by atoms with Crippen molar-refractivity contribution < 1.29 is 14.3 Å². The molecule has 0 unspecified atom stereocenters. The molecule has 1 aromatic rings. The average molecular weight is 181 g/mol. The third kappa shape index (κ3) is 2.47. The van der Waals surface area contributed by atoms with Gasteiger partial charge in [-0.1, -0.05) is 6.07 Å². The number of halogens is 1. The molecule has 0 atom stereocenters. The number of aliphatic imine (C=N–C) groups is 1. The van der Waals surface area contributed by atoms with Gasteiger partial charge in [0.2, 0.25) is 6.08 Å². The van der Waals surface area contributed by atoms with Gasteiger partial charge in [-0.3, -0.25) is 0 Å². The smallest absolute Gasteiger partial charge is 0.235 e. The molecule has 4 heteroatoms. The van der Waals surface area contributed by atoms with Gasteiger partial charge in [0.25, 0.3) is 0 Å². The zero-order valence-electron chi connectivity index (χ0n) is 6.83. The SMILES string of the molecule is O=C=NCc1ccc(F)c(CO)c1. The lowest BCUT2D eigenvalue weighted by atomic mass is 10.1. The summed E-state index contributed by atoms with van der Waals surface area (Å²) in [6.07, 6.45) is 1.39. The van der Waals surface area contributed by atoms with Crippen molar-refractivity contribution in [2.75, 3.05) is 0 Å². The van der Waals surface area contributed by atoms with Crippen LogP contribution in [0.1, 0.15) is 11.1 Å². The Morgan fingerprint density at radius 3 is 2.92 bits per heavy atom. The normalized spacial score (nSPS) is 9.38. The van der Waals surface area contributed by atoms with E-state index in [1.54, 1.807) is 0 Å². The first-order valence-corrected chi connectivity index (χ1v) is 3.69. The number of nitrogens with zero attached hydrogens (tertiary/aromatic N) is 1. The molecule has 0 aromatic heterocycles. The van der Waals surface area contributed by atoms with Crippen LogP contribution in [-0.4, -0.2) is 11.2 Å². The Kier molecular flexibility index (Phi) is 3.31. The quantitative estimate of drug-likeness (QED) is 0.561. The Labute approximate surface area is 74.5 Å². The highest BCUT2D eigenvalue weighted by atomic mass is 19.1. The molecule has 0 amide bonds. The Morgan fingerprint density at radius 1 is 1.54 bits per heavy atom. The van der Waals surface area contributed by atoms with Crippen LogP contribution in [0.4, 0.5) is 4.39 Å². The highest BCUT2D eigenvalue weighted by Crippen LogP contribution is 2.11. The maximum atomic E-state index is 12.8. The fourth-order valence-electron chi connectivity index (χ4n) is 0.971. The largest absolute Gasteiger partial charge is 0.392 e. The Hall–Kier alpha value is -1.51. The van der Waals surface area contributed by atoms with Crippen LogP contribution in [0.2, 0.25) is 0 Å². The molecule has 1 aromatic carbocycles. The number of benzene rings is 1. The highest BCUT2D eigenvalue weighted by molar-refractivity contribution is 5.34. The summed E-state index contributed by atoms with van der Waals surface area (Å²) < 4.78 is 12.8. The van der Waals surface area contributed by atoms with Crippen molar-refractivity contribution >= 4 is 6.08 Å². The number of carbonyl (C=O) groups excluding carboxylic acids is 1. The van der Waals surface area contributed by atoms with Crippen molar-refractivity contribution in [2.24, 2.45) is 4.99 Å². The van der Waals surface area contributed by atoms with Crippen LogP contribution in [0.15, 0.2) is 23.2 Å². The third-order valence-electron chi connectivity index (χ3n) is 1.61. The first kappa shape index (κ1) is 9.58. The number of aliphatic hydroxyl groups is 1. The summed E-state index contributed by atoms with van der Waals surface area (Å²) in [5.41, 5.74) is 0.882. The van der Waals surface area contributed by atoms with E-state index in [4.69, 9.17) is 5.11 Å². The van der Waals surface area contributed by atoms with Crippen LogP contribution in [0.25, 0.3) is 0 Å². The summed E-state index contributed by atoms with van der Waals surface area (Å²) >= 11 is 0. The number of hydrogen-bond donors (Lipinski definition) is 1. The Morgan fingerprint density at radius 2 is 2.31 bits per heavy atom. The van der Waals surface area contributed by atoms with Crippen LogP contribution in [0.3, 0.4) is 0 Å². The predicted octanol–water partition coefficient (Wildman–Crippen LogP) is 1.15. The second-order valence-electron chi connectivity index (χ2n) is 2.49. The summed E-state index contributed by atoms with van der Waals surface area (Å²) in [5.74, 6) is -0.457. The van der Waals surface area contributed by atoms with E-state index >= 15 is 0 Å². The van der Waals surface area contributed by atoms with Crippen LogP contribution >= 0.6 is 0 Å². The monoisotopic (exact) mass is 181 g/mol. The number of aliphatic hydroxyl groups excluding tert-OH is 1. The van der Waals surface area contributed by atoms with Crippen LogP contribution < -0.4 is 0 Å². The molecule has 0 aliphatic carbocycles. The van der Waals surface area contributed by atoms with Crippen molar-refractivity contribution in [1.82, 2.24) is 0 Å². The van der Waals surface area contributed by atoms with Crippen molar-refractivity contribution in [2.45, 2.75) is 13.2 Å². The van der Waals surface area contributed by atoms with Crippen molar-refractivity contribution in [3.05, 3.63) is 35.1 Å². The fourth-order valence-corrected chi connectivity index (χ4v) is 0.971. The van der Waals surface area contributed by atoms with Crippen LogP contribution in [-0.2, 0) is 17.9 Å². The molecule has 1 rings (SSSR count). The van der Waals surface area contributed by atoms with E-state index in [0.717, 1.165) is 0 Å². The minimum Gasteiger partial charge on any atom is -0.392 e. The number of hydrogen-bond acceptors (Lipinski definition) is 3. The van der Waals surface area contributed by atoms with Gasteiger partial charge in [-0.05, 0) is 17.7 Å². The van der Waals surface area contributed by atoms with E-state index in [1.807, 2.05) is 0 Å². The highest BCUT2D eigenvalue weighted by Gasteiger charge is 2.01. The van der Waals surface area contributed by atoms with E-state index in [1.165, 1.54) is 24.3 Å². The maximum absolute atomic E-state index is 12.8. The molecule has 0 saturated carbocycles. The molecule has 0 bridgehead atoms. The third-order valence-corrected chi connectivity index (χ3v) is 1.61. The molecule has 0 spiro atoms. The Balaban J connectivity index is 2.92. The van der Waals surface area contributed by atoms with E-state index in [0.29, 0.717) is 5.56 Å². The van der Waals surface area contributed by atoms with Gasteiger partial charge >= 0.3 is 0 Å². The maximum Gasteiger partial charge on any atom is 0.235 e. The molecule has 0 heterocycles. The molecule has 1 N–H and O–H groups in total. The van der Waals surface area contributed by atoms with Gasteiger partial charge in [-0.2, -0.15) is 0 Å². The minimum absolute atomic E-state index is 0.163. The molecular weight excluding hydrogens is 173 g/mol. The fraction of sp³-hybridized carbons (Fsp3) is 0.222. The zero-order valence-corrected chi connectivity index (χ0v) is 6.83. The lowest BCUT2D eigenvalue weighted by Crippen LogP contribution is -1.92. The van der Waals surface area contributed by atoms with E-state index in [2.05, 4.69) is 4.99 Å². The summed E-state index contributed by atoms with van der Waals surface area (Å²) in [6, 6.07) is 4.21. The molecule has 0 aliphatic heterocycles. The van der Waals surface area contributed by atoms with Crippen molar-refractivity contribution in [3.8, 4) is 0 Å². The second kappa shape index (κ2) is 4.50. The predicted molar refractivity (Wildman–Crippen MR) is 44.1 cm³/mol. The standard InChI is InChI=1S/C9H8FNO2/c10-9-2-1-7(4-11-6-13)3-8(9)5-12/h1-3,12H,4-5H2. The molecular formula is C9H8FNO2. The molecule has 0 saturated heterocycles. The molecule has 0 fully saturated rings. The topological polar surface area (TPSA) is 49.7 Å². The van der Waals surface area contributed by atoms with E-state index in [9.17, 15) is 9.18 Å². The van der Waals surface area contributed by atoms with Crippen LogP contribution in [0.5, 0.6) is 0 Å². The average Bonchev–Trinajstić information content (AvgIpc) is 2.16. The first-order chi connectivity index (χ1) is 6.27. The zero-order chi connectivity index (χ0) is 9.68. The minimum atomic E-state index is -0.457. The van der Waals surface area contributed by atoms with E-state index in [-0.39, 0.29) is 18.7 Å². The van der Waals surface area contributed by atoms with Crippen molar-refractivity contribution in [3.63, 3.8) is 0 Å². The Bertz CT molecular complexity index is 345. The van der Waals surface area contributed by atoms with Crippen LogP contribution in [0, 0.1) is 5.82 Å². The van der Waals surface area contributed by atoms with Crippen molar-refractivity contribution in [1.29, 1.82) is 0 Å². The molecule has 68 valence electrons. The molecule has 0 aliphatic rings. The van der Waals surface area contributed by atoms with Gasteiger partial charge in [0.05, 0.1) is 13.2 Å². The summed E-state index contributed by atoms with van der Waals surface area (Å²) in [6.45, 7) is -0.193. The van der Waals surface area contributed by atoms with Gasteiger partial charge < -0.3 is 5.11 Å². The summed E-state index contributed by atoms with van der Waals surface area (Å²) in [4.78, 5) is 13.1.